The Morgan fingerprint density at radius 3 is 2.24 bits per heavy atom. The Morgan fingerprint density at radius 1 is 1.19 bits per heavy atom. The molecule has 0 saturated heterocycles. The highest BCUT2D eigenvalue weighted by Crippen LogP contribution is 2.15. The zero-order valence-electron chi connectivity index (χ0n) is 13.0. The fourth-order valence-corrected chi connectivity index (χ4v) is 1.72. The van der Waals surface area contributed by atoms with Crippen molar-refractivity contribution in [2.75, 3.05) is 11.9 Å². The van der Waals surface area contributed by atoms with Gasteiger partial charge in [-0.3, -0.25) is 4.79 Å². The van der Waals surface area contributed by atoms with Crippen molar-refractivity contribution in [2.45, 2.75) is 39.3 Å². The van der Waals surface area contributed by atoms with Gasteiger partial charge in [0.2, 0.25) is 5.91 Å². The lowest BCUT2D eigenvalue weighted by Gasteiger charge is -2.21. The minimum atomic E-state index is -0.600. The maximum Gasteiger partial charge on any atom is 0.316 e. The third-order valence-corrected chi connectivity index (χ3v) is 2.83. The van der Waals surface area contributed by atoms with Crippen LogP contribution in [0.1, 0.15) is 39.3 Å². The smallest absolute Gasteiger partial charge is 0.316 e. The molecule has 0 aliphatic rings. The van der Waals surface area contributed by atoms with E-state index in [1.54, 1.807) is 12.1 Å². The normalized spacial score (nSPS) is 12.6. The van der Waals surface area contributed by atoms with Crippen molar-refractivity contribution in [3.05, 3.63) is 29.8 Å². The van der Waals surface area contributed by atoms with Crippen molar-refractivity contribution >= 4 is 17.6 Å². The molecule has 5 N–H and O–H groups in total. The molecule has 1 unspecified atom stereocenters. The van der Waals surface area contributed by atoms with Gasteiger partial charge < -0.3 is 21.7 Å². The molecule has 21 heavy (non-hydrogen) atoms. The van der Waals surface area contributed by atoms with E-state index in [-0.39, 0.29) is 24.0 Å². The van der Waals surface area contributed by atoms with Crippen LogP contribution in [-0.2, 0) is 4.79 Å². The first-order valence-electron chi connectivity index (χ1n) is 6.88. The van der Waals surface area contributed by atoms with E-state index < -0.39 is 6.03 Å². The van der Waals surface area contributed by atoms with Crippen LogP contribution in [0.2, 0.25) is 0 Å². The molecular weight excluding hydrogens is 268 g/mol. The maximum absolute atomic E-state index is 11.8. The molecule has 0 aliphatic carbocycles. The Balaban J connectivity index is 2.53. The number of hydrogen-bond acceptors (Lipinski definition) is 3. The molecule has 0 radical (unpaired) electrons. The van der Waals surface area contributed by atoms with Crippen molar-refractivity contribution in [2.24, 2.45) is 5.73 Å². The molecule has 116 valence electrons. The van der Waals surface area contributed by atoms with Gasteiger partial charge >= 0.3 is 6.03 Å². The van der Waals surface area contributed by atoms with E-state index in [9.17, 15) is 9.59 Å². The van der Waals surface area contributed by atoms with Crippen molar-refractivity contribution in [1.29, 1.82) is 0 Å². The largest absolute Gasteiger partial charge is 0.351 e. The van der Waals surface area contributed by atoms with Gasteiger partial charge in [-0.05, 0) is 45.4 Å². The first kappa shape index (κ1) is 17.0. The van der Waals surface area contributed by atoms with Crippen LogP contribution in [0.4, 0.5) is 10.5 Å². The molecule has 6 nitrogen and oxygen atoms in total. The number of benzene rings is 1. The summed E-state index contributed by atoms with van der Waals surface area (Å²) in [6, 6.07) is 6.46. The summed E-state index contributed by atoms with van der Waals surface area (Å²) in [6.07, 6.45) is 0. The van der Waals surface area contributed by atoms with Gasteiger partial charge in [-0.2, -0.15) is 0 Å². The van der Waals surface area contributed by atoms with Crippen LogP contribution in [-0.4, -0.2) is 24.0 Å². The summed E-state index contributed by atoms with van der Waals surface area (Å²) in [7, 11) is 0. The average Bonchev–Trinajstić information content (AvgIpc) is 2.35. The number of nitrogens with two attached hydrogens (primary N) is 1. The highest BCUT2D eigenvalue weighted by Gasteiger charge is 2.13. The Bertz CT molecular complexity index is 491. The quantitative estimate of drug-likeness (QED) is 0.665. The van der Waals surface area contributed by atoms with Gasteiger partial charge in [0.25, 0.3) is 0 Å². The molecule has 3 amide bonds. The zero-order valence-corrected chi connectivity index (χ0v) is 13.0. The lowest BCUT2D eigenvalue weighted by molar-refractivity contribution is -0.121. The molecule has 0 bridgehead atoms. The second-order valence-corrected chi connectivity index (χ2v) is 6.00. The van der Waals surface area contributed by atoms with E-state index in [1.807, 2.05) is 39.8 Å². The number of anilines is 1. The Kier molecular flexibility index (Phi) is 5.72. The third kappa shape index (κ3) is 6.76. The van der Waals surface area contributed by atoms with E-state index >= 15 is 0 Å². The van der Waals surface area contributed by atoms with Gasteiger partial charge in [0.1, 0.15) is 0 Å². The van der Waals surface area contributed by atoms with E-state index in [4.69, 9.17) is 5.73 Å². The van der Waals surface area contributed by atoms with Crippen molar-refractivity contribution in [3.63, 3.8) is 0 Å². The summed E-state index contributed by atoms with van der Waals surface area (Å²) in [6.45, 7) is 8.21. The summed E-state index contributed by atoms with van der Waals surface area (Å²) in [5.74, 6) is -0.0586. The number of rotatable bonds is 5. The van der Waals surface area contributed by atoms with Crippen LogP contribution in [0.3, 0.4) is 0 Å². The summed E-state index contributed by atoms with van der Waals surface area (Å²) < 4.78 is 0. The second kappa shape index (κ2) is 7.08. The minimum Gasteiger partial charge on any atom is -0.351 e. The molecule has 0 aromatic heterocycles. The van der Waals surface area contributed by atoms with Crippen LogP contribution in [0.15, 0.2) is 24.3 Å². The number of primary amides is 1. The van der Waals surface area contributed by atoms with Crippen molar-refractivity contribution < 1.29 is 9.59 Å². The summed E-state index contributed by atoms with van der Waals surface area (Å²) in [5, 5.41) is 8.54. The molecule has 0 aliphatic heterocycles. The van der Waals surface area contributed by atoms with E-state index in [0.717, 1.165) is 5.56 Å². The molecule has 6 heteroatoms. The Labute approximate surface area is 125 Å². The Morgan fingerprint density at radius 2 is 1.76 bits per heavy atom. The van der Waals surface area contributed by atoms with E-state index in [2.05, 4.69) is 16.0 Å². The maximum atomic E-state index is 11.8. The van der Waals surface area contributed by atoms with Crippen LogP contribution < -0.4 is 21.7 Å². The fourth-order valence-electron chi connectivity index (χ4n) is 1.72. The van der Waals surface area contributed by atoms with Crippen molar-refractivity contribution in [3.8, 4) is 0 Å². The molecule has 1 rings (SSSR count). The monoisotopic (exact) mass is 292 g/mol. The van der Waals surface area contributed by atoms with E-state index in [0.29, 0.717) is 5.69 Å². The molecule has 1 atom stereocenters. The molecule has 0 saturated carbocycles. The molecule has 0 spiro atoms. The fraction of sp³-hybridized carbons (Fsp3) is 0.467. The van der Waals surface area contributed by atoms with Gasteiger partial charge in [0, 0.05) is 11.2 Å². The highest BCUT2D eigenvalue weighted by molar-refractivity contribution is 5.87. The Hall–Kier alpha value is -2.08. The number of amides is 3. The number of urea groups is 1. The number of nitrogens with one attached hydrogen (secondary N) is 3. The topological polar surface area (TPSA) is 96.2 Å². The molecule has 1 aromatic carbocycles. The molecule has 0 heterocycles. The van der Waals surface area contributed by atoms with Crippen molar-refractivity contribution in [1.82, 2.24) is 10.6 Å². The van der Waals surface area contributed by atoms with Crippen LogP contribution in [0, 0.1) is 0 Å². The van der Waals surface area contributed by atoms with Gasteiger partial charge in [-0.15, -0.1) is 0 Å². The molecular formula is C15H24N4O2. The predicted molar refractivity (Wildman–Crippen MR) is 84.0 cm³/mol. The second-order valence-electron chi connectivity index (χ2n) is 6.00. The number of carbonyl (C=O) groups excluding carboxylic acids is 2. The average molecular weight is 292 g/mol. The molecule has 1 aromatic rings. The van der Waals surface area contributed by atoms with Gasteiger partial charge in [0.15, 0.2) is 0 Å². The van der Waals surface area contributed by atoms with Crippen LogP contribution >= 0.6 is 0 Å². The highest BCUT2D eigenvalue weighted by atomic mass is 16.2. The van der Waals surface area contributed by atoms with Crippen LogP contribution in [0.25, 0.3) is 0 Å². The first-order chi connectivity index (χ1) is 9.67. The van der Waals surface area contributed by atoms with E-state index in [1.165, 1.54) is 0 Å². The standard InChI is InChI=1S/C15H24N4O2/c1-10(18-13(20)9-17-15(2,3)4)11-5-7-12(8-6-11)19-14(16)21/h5-8,10,17H,9H2,1-4H3,(H,18,20)(H3,16,19,21). The van der Waals surface area contributed by atoms with Crippen LogP contribution in [0.5, 0.6) is 0 Å². The third-order valence-electron chi connectivity index (χ3n) is 2.83. The van der Waals surface area contributed by atoms with Gasteiger partial charge in [-0.1, -0.05) is 12.1 Å². The minimum absolute atomic E-state index is 0.0586. The lowest BCUT2D eigenvalue weighted by Crippen LogP contribution is -2.43. The lowest BCUT2D eigenvalue weighted by atomic mass is 10.1. The van der Waals surface area contributed by atoms with Gasteiger partial charge in [0.05, 0.1) is 12.6 Å². The summed E-state index contributed by atoms with van der Waals surface area (Å²) >= 11 is 0. The first-order valence-corrected chi connectivity index (χ1v) is 6.88. The number of carbonyl (C=O) groups is 2. The SMILES string of the molecule is CC(NC(=O)CNC(C)(C)C)c1ccc(NC(N)=O)cc1. The summed E-state index contributed by atoms with van der Waals surface area (Å²) in [5.41, 5.74) is 6.53. The predicted octanol–water partition coefficient (Wildman–Crippen LogP) is 1.74. The summed E-state index contributed by atoms with van der Waals surface area (Å²) in [4.78, 5) is 22.6. The molecule has 0 fully saturated rings. The van der Waals surface area contributed by atoms with Gasteiger partial charge in [-0.25, -0.2) is 4.79 Å². The zero-order chi connectivity index (χ0) is 16.0. The number of hydrogen-bond donors (Lipinski definition) is 4.